The van der Waals surface area contributed by atoms with Gasteiger partial charge in [0.25, 0.3) is 0 Å². The number of hydrogen-bond donors (Lipinski definition) is 1. The van der Waals surface area contributed by atoms with Gasteiger partial charge >= 0.3 is 0 Å². The Morgan fingerprint density at radius 1 is 1.33 bits per heavy atom. The monoisotopic (exact) mass is 364 g/mol. The first-order valence-corrected chi connectivity index (χ1v) is 7.33. The smallest absolute Gasteiger partial charge is 0.200 e. The lowest BCUT2D eigenvalue weighted by Crippen LogP contribution is -2.02. The number of hydrogen-bond acceptors (Lipinski definition) is 3. The molecule has 3 aromatic rings. The molecule has 0 fully saturated rings. The number of rotatable bonds is 2. The van der Waals surface area contributed by atoms with Gasteiger partial charge in [-0.1, -0.05) is 6.07 Å². The van der Waals surface area contributed by atoms with E-state index in [0.717, 1.165) is 11.3 Å². The second kappa shape index (κ2) is 5.50. The highest BCUT2D eigenvalue weighted by atomic mass is 79.9. The van der Waals surface area contributed by atoms with E-state index in [2.05, 4.69) is 31.1 Å². The molecular weight excluding hydrogens is 355 g/mol. The van der Waals surface area contributed by atoms with Gasteiger partial charge in [-0.25, -0.2) is 4.39 Å². The van der Waals surface area contributed by atoms with Crippen molar-refractivity contribution in [2.75, 3.05) is 0 Å². The van der Waals surface area contributed by atoms with E-state index in [1.807, 2.05) is 25.1 Å². The van der Waals surface area contributed by atoms with Crippen LogP contribution < -0.4 is 0 Å². The van der Waals surface area contributed by atoms with Gasteiger partial charge in [0.2, 0.25) is 0 Å². The molecule has 7 heteroatoms. The summed E-state index contributed by atoms with van der Waals surface area (Å²) < 4.78 is 16.2. The van der Waals surface area contributed by atoms with Crippen LogP contribution in [0.5, 0.6) is 0 Å². The third kappa shape index (κ3) is 2.54. The van der Waals surface area contributed by atoms with Crippen molar-refractivity contribution >= 4 is 28.1 Å². The van der Waals surface area contributed by atoms with Crippen molar-refractivity contribution in [2.45, 2.75) is 6.92 Å². The Balaban J connectivity index is 2.27. The minimum Gasteiger partial charge on any atom is -0.267 e. The summed E-state index contributed by atoms with van der Waals surface area (Å²) in [6, 6.07) is 8.68. The molecule has 1 N–H and O–H groups in total. The first-order valence-electron chi connectivity index (χ1n) is 6.13. The SMILES string of the molecule is Cc1cc(F)c(Br)cc1-n1c(-c2ccccn2)n[nH]c1=S. The summed E-state index contributed by atoms with van der Waals surface area (Å²) in [5.74, 6) is 0.271. The largest absolute Gasteiger partial charge is 0.267 e. The average Bonchev–Trinajstić information content (AvgIpc) is 2.85. The standard InChI is InChI=1S/C14H10BrFN4S/c1-8-6-10(16)9(15)7-12(8)20-13(18-19-14(20)21)11-4-2-3-5-17-11/h2-7H,1H3,(H,19,21). The van der Waals surface area contributed by atoms with Crippen LogP contribution in [0, 0.1) is 17.5 Å². The second-order valence-corrected chi connectivity index (χ2v) is 5.70. The number of aryl methyl sites for hydroxylation is 1. The summed E-state index contributed by atoms with van der Waals surface area (Å²) in [7, 11) is 0. The zero-order valence-corrected chi connectivity index (χ0v) is 13.4. The number of nitrogens with one attached hydrogen (secondary N) is 1. The Hall–Kier alpha value is -1.86. The van der Waals surface area contributed by atoms with Gasteiger partial charge in [0.15, 0.2) is 10.6 Å². The van der Waals surface area contributed by atoms with Gasteiger partial charge in [0.1, 0.15) is 11.5 Å². The molecule has 0 saturated heterocycles. The summed E-state index contributed by atoms with van der Waals surface area (Å²) in [5.41, 5.74) is 2.19. The maximum atomic E-state index is 13.6. The molecule has 1 aromatic carbocycles. The van der Waals surface area contributed by atoms with E-state index >= 15 is 0 Å². The number of aromatic amines is 1. The number of aromatic nitrogens is 4. The molecule has 2 heterocycles. The lowest BCUT2D eigenvalue weighted by atomic mass is 10.2. The molecular formula is C14H10BrFN4S. The average molecular weight is 365 g/mol. The summed E-state index contributed by atoms with van der Waals surface area (Å²) >= 11 is 8.50. The fourth-order valence-electron chi connectivity index (χ4n) is 2.06. The zero-order valence-electron chi connectivity index (χ0n) is 11.0. The summed E-state index contributed by atoms with van der Waals surface area (Å²) in [6.07, 6.45) is 1.69. The highest BCUT2D eigenvalue weighted by molar-refractivity contribution is 9.10. The van der Waals surface area contributed by atoms with E-state index < -0.39 is 0 Å². The van der Waals surface area contributed by atoms with Gasteiger partial charge in [-0.2, -0.15) is 5.10 Å². The van der Waals surface area contributed by atoms with Crippen molar-refractivity contribution in [1.29, 1.82) is 0 Å². The number of H-pyrrole nitrogens is 1. The van der Waals surface area contributed by atoms with Crippen LogP contribution in [0.1, 0.15) is 5.56 Å². The molecule has 0 unspecified atom stereocenters. The predicted octanol–water partition coefficient (Wildman–Crippen LogP) is 4.20. The van der Waals surface area contributed by atoms with Crippen LogP contribution >= 0.6 is 28.1 Å². The molecule has 4 nitrogen and oxygen atoms in total. The third-order valence-corrected chi connectivity index (χ3v) is 3.93. The fourth-order valence-corrected chi connectivity index (χ4v) is 2.63. The van der Waals surface area contributed by atoms with E-state index in [9.17, 15) is 4.39 Å². The van der Waals surface area contributed by atoms with Gasteiger partial charge in [0, 0.05) is 6.20 Å². The zero-order chi connectivity index (χ0) is 15.0. The molecule has 0 spiro atoms. The minimum atomic E-state index is -0.314. The van der Waals surface area contributed by atoms with Crippen molar-refractivity contribution in [2.24, 2.45) is 0 Å². The van der Waals surface area contributed by atoms with Crippen LogP contribution in [0.4, 0.5) is 4.39 Å². The molecule has 106 valence electrons. The highest BCUT2D eigenvalue weighted by Crippen LogP contribution is 2.26. The van der Waals surface area contributed by atoms with Gasteiger partial charge in [-0.05, 0) is 64.9 Å². The van der Waals surface area contributed by atoms with Crippen molar-refractivity contribution < 1.29 is 4.39 Å². The molecule has 0 aliphatic heterocycles. The molecule has 0 aliphatic rings. The Morgan fingerprint density at radius 2 is 2.14 bits per heavy atom. The van der Waals surface area contributed by atoms with Gasteiger partial charge in [-0.15, -0.1) is 0 Å². The van der Waals surface area contributed by atoms with Crippen molar-refractivity contribution in [3.63, 3.8) is 0 Å². The van der Waals surface area contributed by atoms with Crippen LogP contribution in [-0.2, 0) is 0 Å². The summed E-state index contributed by atoms with van der Waals surface area (Å²) in [5, 5.41) is 6.99. The van der Waals surface area contributed by atoms with Crippen LogP contribution in [0.15, 0.2) is 41.0 Å². The number of halogens is 2. The molecule has 3 rings (SSSR count). The lowest BCUT2D eigenvalue weighted by molar-refractivity contribution is 0.619. The van der Waals surface area contributed by atoms with Crippen LogP contribution in [0.2, 0.25) is 0 Å². The first kappa shape index (κ1) is 14.1. The van der Waals surface area contributed by atoms with Gasteiger partial charge < -0.3 is 0 Å². The molecule has 0 amide bonds. The van der Waals surface area contributed by atoms with Crippen LogP contribution in [-0.4, -0.2) is 19.7 Å². The molecule has 0 atom stereocenters. The third-order valence-electron chi connectivity index (χ3n) is 3.05. The Labute approximate surface area is 133 Å². The normalized spacial score (nSPS) is 10.8. The molecule has 21 heavy (non-hydrogen) atoms. The highest BCUT2D eigenvalue weighted by Gasteiger charge is 2.15. The van der Waals surface area contributed by atoms with Crippen molar-refractivity contribution in [3.05, 3.63) is 57.2 Å². The van der Waals surface area contributed by atoms with Gasteiger partial charge in [0.05, 0.1) is 10.2 Å². The van der Waals surface area contributed by atoms with E-state index in [0.29, 0.717) is 20.8 Å². The molecule has 0 radical (unpaired) electrons. The Kier molecular flexibility index (Phi) is 3.69. The summed E-state index contributed by atoms with van der Waals surface area (Å²) in [4.78, 5) is 4.28. The lowest BCUT2D eigenvalue weighted by Gasteiger charge is -2.10. The number of pyridine rings is 1. The van der Waals surface area contributed by atoms with E-state index in [1.165, 1.54) is 6.07 Å². The number of nitrogens with zero attached hydrogens (tertiary/aromatic N) is 3. The summed E-state index contributed by atoms with van der Waals surface area (Å²) in [6.45, 7) is 1.82. The fraction of sp³-hybridized carbons (Fsp3) is 0.0714. The van der Waals surface area contributed by atoms with Gasteiger partial charge in [-0.3, -0.25) is 14.6 Å². The number of benzene rings is 1. The first-order chi connectivity index (χ1) is 10.1. The second-order valence-electron chi connectivity index (χ2n) is 4.46. The molecule has 2 aromatic heterocycles. The maximum absolute atomic E-state index is 13.6. The maximum Gasteiger partial charge on any atom is 0.200 e. The minimum absolute atomic E-state index is 0.314. The van der Waals surface area contributed by atoms with Crippen LogP contribution in [0.3, 0.4) is 0 Å². The quantitative estimate of drug-likeness (QED) is 0.693. The van der Waals surface area contributed by atoms with E-state index in [-0.39, 0.29) is 5.82 Å². The van der Waals surface area contributed by atoms with E-state index in [4.69, 9.17) is 12.2 Å². The Morgan fingerprint density at radius 3 is 2.86 bits per heavy atom. The van der Waals surface area contributed by atoms with Crippen molar-refractivity contribution in [1.82, 2.24) is 19.7 Å². The predicted molar refractivity (Wildman–Crippen MR) is 84.4 cm³/mol. The molecule has 0 aliphatic carbocycles. The topological polar surface area (TPSA) is 46.5 Å². The van der Waals surface area contributed by atoms with Crippen molar-refractivity contribution in [3.8, 4) is 17.2 Å². The molecule has 0 saturated carbocycles. The Bertz CT molecular complexity index is 857. The van der Waals surface area contributed by atoms with E-state index in [1.54, 1.807) is 16.8 Å². The van der Waals surface area contributed by atoms with Crippen LogP contribution in [0.25, 0.3) is 17.2 Å². The molecule has 0 bridgehead atoms.